The molecular formula is C21H26N2O2. The second kappa shape index (κ2) is 9.74. The fraction of sp³-hybridized carbons (Fsp3) is 0.333. The van der Waals surface area contributed by atoms with Crippen LogP contribution in [0.5, 0.6) is 0 Å². The summed E-state index contributed by atoms with van der Waals surface area (Å²) in [5.41, 5.74) is 2.21. The van der Waals surface area contributed by atoms with E-state index in [1.807, 2.05) is 67.6 Å². The van der Waals surface area contributed by atoms with Crippen LogP contribution < -0.4 is 5.32 Å². The molecule has 1 N–H and O–H groups in total. The van der Waals surface area contributed by atoms with Crippen LogP contribution in [0.3, 0.4) is 0 Å². The molecule has 4 nitrogen and oxygen atoms in total. The number of carbonyl (C=O) groups excluding carboxylic acids is 2. The topological polar surface area (TPSA) is 49.4 Å². The minimum absolute atomic E-state index is 0.0247. The highest BCUT2D eigenvalue weighted by atomic mass is 16.2. The number of Topliss-reactive ketones (excluding diaryl/α,β-unsaturated/α-hetero) is 1. The summed E-state index contributed by atoms with van der Waals surface area (Å²) in [6, 6.07) is 19.3. The van der Waals surface area contributed by atoms with Crippen LogP contribution in [0.25, 0.3) is 0 Å². The first-order valence-corrected chi connectivity index (χ1v) is 8.68. The molecule has 0 spiro atoms. The van der Waals surface area contributed by atoms with Gasteiger partial charge in [0, 0.05) is 6.54 Å². The summed E-state index contributed by atoms with van der Waals surface area (Å²) in [6.45, 7) is 5.32. The van der Waals surface area contributed by atoms with Crippen LogP contribution in [-0.4, -0.2) is 35.7 Å². The lowest BCUT2D eigenvalue weighted by Gasteiger charge is -2.22. The first-order chi connectivity index (χ1) is 12.1. The Morgan fingerprint density at radius 2 is 1.52 bits per heavy atom. The first-order valence-electron chi connectivity index (χ1n) is 8.68. The van der Waals surface area contributed by atoms with Crippen molar-refractivity contribution < 1.29 is 9.59 Å². The summed E-state index contributed by atoms with van der Waals surface area (Å²) in [5, 5.41) is 2.89. The maximum atomic E-state index is 12.4. The number of amides is 1. The van der Waals surface area contributed by atoms with Gasteiger partial charge in [-0.25, -0.2) is 0 Å². The number of carbonyl (C=O) groups is 2. The molecule has 0 aliphatic heterocycles. The van der Waals surface area contributed by atoms with E-state index >= 15 is 0 Å². The highest BCUT2D eigenvalue weighted by Gasteiger charge is 2.19. The van der Waals surface area contributed by atoms with Crippen molar-refractivity contribution >= 4 is 11.7 Å². The number of ketones is 1. The van der Waals surface area contributed by atoms with Gasteiger partial charge in [0.2, 0.25) is 5.91 Å². The summed E-state index contributed by atoms with van der Waals surface area (Å²) in [7, 11) is 0. The van der Waals surface area contributed by atoms with Gasteiger partial charge in [0.15, 0.2) is 5.78 Å². The van der Waals surface area contributed by atoms with Crippen molar-refractivity contribution in [3.05, 3.63) is 71.8 Å². The van der Waals surface area contributed by atoms with Gasteiger partial charge >= 0.3 is 0 Å². The van der Waals surface area contributed by atoms with Crippen molar-refractivity contribution in [1.82, 2.24) is 10.2 Å². The number of hydrogen-bond donors (Lipinski definition) is 1. The van der Waals surface area contributed by atoms with E-state index < -0.39 is 6.04 Å². The van der Waals surface area contributed by atoms with Crippen LogP contribution in [0.4, 0.5) is 0 Å². The van der Waals surface area contributed by atoms with E-state index in [1.165, 1.54) is 12.5 Å². The van der Waals surface area contributed by atoms with Crippen LogP contribution in [0.1, 0.15) is 25.0 Å². The molecule has 2 aromatic carbocycles. The zero-order valence-electron chi connectivity index (χ0n) is 14.9. The zero-order valence-corrected chi connectivity index (χ0v) is 14.9. The standard InChI is InChI=1S/C21H26N2O2/c1-3-23(15-19-12-8-5-9-13-19)16-21(25)22-20(17(2)24)14-18-10-6-4-7-11-18/h4-13,20H,3,14-16H2,1-2H3,(H,22,25)/t20-/m0/s1. The van der Waals surface area contributed by atoms with Gasteiger partial charge in [-0.15, -0.1) is 0 Å². The number of benzene rings is 2. The smallest absolute Gasteiger partial charge is 0.234 e. The predicted octanol–water partition coefficient (Wildman–Crippen LogP) is 2.83. The van der Waals surface area contributed by atoms with Crippen LogP contribution in [0, 0.1) is 0 Å². The highest BCUT2D eigenvalue weighted by Crippen LogP contribution is 2.06. The molecule has 0 radical (unpaired) electrons. The Morgan fingerprint density at radius 3 is 2.04 bits per heavy atom. The third kappa shape index (κ3) is 6.51. The molecule has 25 heavy (non-hydrogen) atoms. The molecule has 0 aliphatic rings. The number of hydrogen-bond acceptors (Lipinski definition) is 3. The third-order valence-electron chi connectivity index (χ3n) is 4.17. The molecule has 2 rings (SSSR count). The number of nitrogens with zero attached hydrogens (tertiary/aromatic N) is 1. The molecule has 1 atom stereocenters. The van der Waals surface area contributed by atoms with Crippen molar-refractivity contribution in [2.24, 2.45) is 0 Å². The van der Waals surface area contributed by atoms with Crippen molar-refractivity contribution in [3.8, 4) is 0 Å². The van der Waals surface area contributed by atoms with Gasteiger partial charge < -0.3 is 5.32 Å². The van der Waals surface area contributed by atoms with Crippen LogP contribution in [0.2, 0.25) is 0 Å². The van der Waals surface area contributed by atoms with E-state index in [2.05, 4.69) is 10.2 Å². The van der Waals surface area contributed by atoms with E-state index in [9.17, 15) is 9.59 Å². The van der Waals surface area contributed by atoms with Gasteiger partial charge in [-0.3, -0.25) is 14.5 Å². The van der Waals surface area contributed by atoms with E-state index in [4.69, 9.17) is 0 Å². The average Bonchev–Trinajstić information content (AvgIpc) is 2.62. The quantitative estimate of drug-likeness (QED) is 0.765. The maximum Gasteiger partial charge on any atom is 0.234 e. The van der Waals surface area contributed by atoms with Crippen molar-refractivity contribution in [2.45, 2.75) is 32.9 Å². The summed E-state index contributed by atoms with van der Waals surface area (Å²) < 4.78 is 0. The summed E-state index contributed by atoms with van der Waals surface area (Å²) in [4.78, 5) is 26.4. The minimum atomic E-state index is -0.481. The van der Waals surface area contributed by atoms with Crippen LogP contribution in [-0.2, 0) is 22.6 Å². The first kappa shape index (κ1) is 18.9. The second-order valence-electron chi connectivity index (χ2n) is 6.21. The number of rotatable bonds is 9. The molecule has 0 aromatic heterocycles. The molecular weight excluding hydrogens is 312 g/mol. The van der Waals surface area contributed by atoms with E-state index in [0.717, 1.165) is 12.1 Å². The monoisotopic (exact) mass is 338 g/mol. The number of likely N-dealkylation sites (N-methyl/N-ethyl adjacent to an activating group) is 1. The zero-order chi connectivity index (χ0) is 18.1. The number of nitrogens with one attached hydrogen (secondary N) is 1. The molecule has 0 aliphatic carbocycles. The normalized spacial score (nSPS) is 12.0. The third-order valence-corrected chi connectivity index (χ3v) is 4.17. The van der Waals surface area contributed by atoms with Gasteiger partial charge in [0.25, 0.3) is 0 Å². The summed E-state index contributed by atoms with van der Waals surface area (Å²) >= 11 is 0. The van der Waals surface area contributed by atoms with E-state index in [-0.39, 0.29) is 18.2 Å². The highest BCUT2D eigenvalue weighted by molar-refractivity contribution is 5.88. The molecule has 0 saturated carbocycles. The molecule has 0 heterocycles. The van der Waals surface area contributed by atoms with Crippen molar-refractivity contribution in [3.63, 3.8) is 0 Å². The largest absolute Gasteiger partial charge is 0.345 e. The van der Waals surface area contributed by atoms with Gasteiger partial charge in [0.1, 0.15) is 0 Å². The second-order valence-corrected chi connectivity index (χ2v) is 6.21. The van der Waals surface area contributed by atoms with Crippen LogP contribution >= 0.6 is 0 Å². The molecule has 4 heteroatoms. The maximum absolute atomic E-state index is 12.4. The Morgan fingerprint density at radius 1 is 0.960 bits per heavy atom. The lowest BCUT2D eigenvalue weighted by Crippen LogP contribution is -2.45. The summed E-state index contributed by atoms with van der Waals surface area (Å²) in [5.74, 6) is -0.141. The Labute approximate surface area is 149 Å². The van der Waals surface area contributed by atoms with Crippen molar-refractivity contribution in [2.75, 3.05) is 13.1 Å². The lowest BCUT2D eigenvalue weighted by atomic mass is 10.0. The Kier molecular flexibility index (Phi) is 7.36. The Balaban J connectivity index is 1.92. The predicted molar refractivity (Wildman–Crippen MR) is 100 cm³/mol. The summed E-state index contributed by atoms with van der Waals surface area (Å²) in [6.07, 6.45) is 0.521. The fourth-order valence-corrected chi connectivity index (χ4v) is 2.71. The van der Waals surface area contributed by atoms with Gasteiger partial charge in [0.05, 0.1) is 12.6 Å². The van der Waals surface area contributed by atoms with E-state index in [0.29, 0.717) is 13.0 Å². The van der Waals surface area contributed by atoms with Crippen molar-refractivity contribution in [1.29, 1.82) is 0 Å². The van der Waals surface area contributed by atoms with Gasteiger partial charge in [-0.2, -0.15) is 0 Å². The Hall–Kier alpha value is -2.46. The molecule has 0 saturated heterocycles. The molecule has 0 bridgehead atoms. The Bertz CT molecular complexity index is 671. The molecule has 0 fully saturated rings. The SMILES string of the molecule is CCN(CC(=O)N[C@@H](Cc1ccccc1)C(C)=O)Cc1ccccc1. The fourth-order valence-electron chi connectivity index (χ4n) is 2.71. The lowest BCUT2D eigenvalue weighted by molar-refractivity contribution is -0.127. The molecule has 132 valence electrons. The van der Waals surface area contributed by atoms with E-state index in [1.54, 1.807) is 0 Å². The molecule has 0 unspecified atom stereocenters. The molecule has 2 aromatic rings. The van der Waals surface area contributed by atoms with Crippen LogP contribution in [0.15, 0.2) is 60.7 Å². The van der Waals surface area contributed by atoms with Gasteiger partial charge in [-0.05, 0) is 31.0 Å². The molecule has 1 amide bonds. The van der Waals surface area contributed by atoms with Gasteiger partial charge in [-0.1, -0.05) is 67.6 Å². The minimum Gasteiger partial charge on any atom is -0.345 e. The average molecular weight is 338 g/mol.